The van der Waals surface area contributed by atoms with Crippen LogP contribution in [0.4, 0.5) is 0 Å². The van der Waals surface area contributed by atoms with Crippen LogP contribution in [0.1, 0.15) is 0 Å². The Morgan fingerprint density at radius 3 is 2.30 bits per heavy atom. The van der Waals surface area contributed by atoms with E-state index in [-0.39, 0.29) is 42.6 Å². The summed E-state index contributed by atoms with van der Waals surface area (Å²) in [5.41, 5.74) is 7.02. The van der Waals surface area contributed by atoms with Crippen molar-refractivity contribution in [3.8, 4) is 0 Å². The van der Waals surface area contributed by atoms with Gasteiger partial charge in [-0.3, -0.25) is 0 Å². The molecule has 0 spiro atoms. The molecule has 0 rings (SSSR count). The number of hydrogen-bond acceptors (Lipinski definition) is 5. The molecule has 0 aromatic carbocycles. The summed E-state index contributed by atoms with van der Waals surface area (Å²) in [4.78, 5) is 0. The number of nitrogens with two attached hydrogens (primary N) is 2. The fourth-order valence-corrected chi connectivity index (χ4v) is 0.430. The van der Waals surface area contributed by atoms with Crippen LogP contribution < -0.4 is 16.4 Å². The molecule has 0 aliphatic carbocycles. The van der Waals surface area contributed by atoms with E-state index in [9.17, 15) is 8.42 Å². The molecule has 0 radical (unpaired) electrons. The van der Waals surface area contributed by atoms with Crippen LogP contribution in [0.3, 0.4) is 0 Å². The van der Waals surface area contributed by atoms with Gasteiger partial charge in [-0.15, -0.1) is 0 Å². The Hall–Kier alpha value is 0.790. The van der Waals surface area contributed by atoms with E-state index in [1.165, 1.54) is 0 Å². The first-order valence-electron chi connectivity index (χ1n) is 2.20. The van der Waals surface area contributed by atoms with Crippen LogP contribution in [0, 0.1) is 0 Å². The van der Waals surface area contributed by atoms with Crippen LogP contribution in [-0.2, 0) is 14.6 Å². The quantitative estimate of drug-likeness (QED) is 0.242. The third-order valence-corrected chi connectivity index (χ3v) is 0.772. The van der Waals surface area contributed by atoms with Crippen molar-refractivity contribution >= 4 is 39.9 Å². The Morgan fingerprint density at radius 1 is 1.50 bits per heavy atom. The van der Waals surface area contributed by atoms with Gasteiger partial charge in [0.1, 0.15) is 0 Å². The SMILES string of the molecule is NCCNOS(N)(=O)=O.[NaH]. The van der Waals surface area contributed by atoms with Crippen LogP contribution in [0.15, 0.2) is 0 Å². The summed E-state index contributed by atoms with van der Waals surface area (Å²) < 4.78 is 23.8. The van der Waals surface area contributed by atoms with Crippen LogP contribution >= 0.6 is 0 Å². The number of hydrogen-bond donors (Lipinski definition) is 3. The predicted molar refractivity (Wildman–Crippen MR) is 38.4 cm³/mol. The van der Waals surface area contributed by atoms with Gasteiger partial charge in [-0.05, 0) is 0 Å². The zero-order valence-electron chi connectivity index (χ0n) is 4.70. The van der Waals surface area contributed by atoms with Gasteiger partial charge in [-0.2, -0.15) is 18.2 Å². The van der Waals surface area contributed by atoms with E-state index in [0.717, 1.165) is 0 Å². The van der Waals surface area contributed by atoms with Crippen molar-refractivity contribution < 1.29 is 12.7 Å². The molecule has 0 aliphatic heterocycles. The Morgan fingerprint density at radius 2 is 2.00 bits per heavy atom. The number of nitrogens with one attached hydrogen (secondary N) is 1. The first kappa shape index (κ1) is 13.4. The Labute approximate surface area is 81.8 Å². The molecule has 0 unspecified atom stereocenters. The molecule has 8 heteroatoms. The maximum atomic E-state index is 9.96. The average molecular weight is 179 g/mol. The van der Waals surface area contributed by atoms with Crippen molar-refractivity contribution in [2.75, 3.05) is 13.1 Å². The van der Waals surface area contributed by atoms with Gasteiger partial charge in [0, 0.05) is 13.1 Å². The molecule has 0 aromatic heterocycles. The summed E-state index contributed by atoms with van der Waals surface area (Å²) in [6.45, 7) is 0.534. The van der Waals surface area contributed by atoms with E-state index in [1.807, 2.05) is 5.48 Å². The fraction of sp³-hybridized carbons (Fsp3) is 1.00. The molecular formula is C2H10N3NaO3S. The molecule has 5 N–H and O–H groups in total. The van der Waals surface area contributed by atoms with Gasteiger partial charge >= 0.3 is 39.9 Å². The number of hydroxylamine groups is 1. The molecule has 6 nitrogen and oxygen atoms in total. The van der Waals surface area contributed by atoms with Crippen molar-refractivity contribution in [1.29, 1.82) is 0 Å². The molecule has 0 amide bonds. The van der Waals surface area contributed by atoms with Crippen molar-refractivity contribution in [3.63, 3.8) is 0 Å². The first-order chi connectivity index (χ1) is 4.06. The molecular weight excluding hydrogens is 169 g/mol. The number of rotatable bonds is 4. The van der Waals surface area contributed by atoms with E-state index >= 15 is 0 Å². The minimum atomic E-state index is -3.86. The van der Waals surface area contributed by atoms with Gasteiger partial charge in [0.05, 0.1) is 0 Å². The summed E-state index contributed by atoms with van der Waals surface area (Å²) in [5, 5.41) is 4.42. The predicted octanol–water partition coefficient (Wildman–Crippen LogP) is -2.98. The summed E-state index contributed by atoms with van der Waals surface area (Å²) in [5.74, 6) is 0. The third kappa shape index (κ3) is 11.6. The van der Waals surface area contributed by atoms with Crippen LogP contribution in [0.5, 0.6) is 0 Å². The zero-order valence-corrected chi connectivity index (χ0v) is 5.52. The standard InChI is InChI=1S/C2H9N3O3S.Na.H/c3-1-2-5-8-9(4,6)7;;/h5H,1-3H2,(H2,4,6,7);;. The molecule has 0 atom stereocenters. The molecule has 0 saturated heterocycles. The fourth-order valence-electron chi connectivity index (χ4n) is 0.183. The van der Waals surface area contributed by atoms with Gasteiger partial charge in [-0.25, -0.2) is 5.14 Å². The van der Waals surface area contributed by atoms with Gasteiger partial charge in [0.15, 0.2) is 0 Å². The van der Waals surface area contributed by atoms with Crippen molar-refractivity contribution in [2.24, 2.45) is 10.9 Å². The minimum absolute atomic E-state index is 0. The molecule has 0 aliphatic rings. The monoisotopic (exact) mass is 179 g/mol. The average Bonchev–Trinajstić information content (AvgIpc) is 1.63. The first-order valence-corrected chi connectivity index (χ1v) is 3.67. The molecule has 0 saturated carbocycles. The zero-order chi connectivity index (χ0) is 7.33. The van der Waals surface area contributed by atoms with Crippen molar-refractivity contribution in [3.05, 3.63) is 0 Å². The third-order valence-electron chi connectivity index (χ3n) is 0.421. The molecule has 0 heterocycles. The summed E-state index contributed by atoms with van der Waals surface area (Å²) in [7, 11) is -3.86. The van der Waals surface area contributed by atoms with Gasteiger partial charge in [0.2, 0.25) is 0 Å². The summed E-state index contributed by atoms with van der Waals surface area (Å²) in [6.07, 6.45) is 0. The second-order valence-electron chi connectivity index (χ2n) is 1.26. The Balaban J connectivity index is 0. The molecule has 0 fully saturated rings. The van der Waals surface area contributed by atoms with E-state index in [1.54, 1.807) is 0 Å². The molecule has 0 aromatic rings. The van der Waals surface area contributed by atoms with Crippen molar-refractivity contribution in [2.45, 2.75) is 0 Å². The summed E-state index contributed by atoms with van der Waals surface area (Å²) in [6, 6.07) is 0. The maximum absolute atomic E-state index is 9.96. The Kier molecular flexibility index (Phi) is 8.70. The molecule has 10 heavy (non-hydrogen) atoms. The van der Waals surface area contributed by atoms with Gasteiger partial charge < -0.3 is 5.73 Å². The van der Waals surface area contributed by atoms with Crippen LogP contribution in [0.2, 0.25) is 0 Å². The van der Waals surface area contributed by atoms with Crippen LogP contribution in [-0.4, -0.2) is 51.1 Å². The van der Waals surface area contributed by atoms with E-state index in [0.29, 0.717) is 0 Å². The van der Waals surface area contributed by atoms with E-state index in [2.05, 4.69) is 9.42 Å². The van der Waals surface area contributed by atoms with Gasteiger partial charge in [0.25, 0.3) is 0 Å². The molecule has 0 bridgehead atoms. The van der Waals surface area contributed by atoms with Crippen LogP contribution in [0.25, 0.3) is 0 Å². The van der Waals surface area contributed by atoms with E-state index < -0.39 is 10.3 Å². The normalized spacial score (nSPS) is 10.6. The molecule has 58 valence electrons. The topological polar surface area (TPSA) is 107 Å². The van der Waals surface area contributed by atoms with Gasteiger partial charge in [-0.1, -0.05) is 0 Å². The van der Waals surface area contributed by atoms with E-state index in [4.69, 9.17) is 5.73 Å². The summed E-state index contributed by atoms with van der Waals surface area (Å²) >= 11 is 0. The Bertz CT molecular complexity index is 157. The second kappa shape index (κ2) is 6.50. The second-order valence-corrected chi connectivity index (χ2v) is 2.41. The van der Waals surface area contributed by atoms with Crippen molar-refractivity contribution in [1.82, 2.24) is 5.48 Å².